The first-order valence-corrected chi connectivity index (χ1v) is 6.25. The highest BCUT2D eigenvalue weighted by molar-refractivity contribution is 5.06. The summed E-state index contributed by atoms with van der Waals surface area (Å²) in [6.45, 7) is 4.56. The van der Waals surface area contributed by atoms with Gasteiger partial charge in [0, 0.05) is 19.7 Å². The third kappa shape index (κ3) is 3.28. The van der Waals surface area contributed by atoms with Gasteiger partial charge >= 0.3 is 0 Å². The molecule has 1 aliphatic rings. The molecule has 17 heavy (non-hydrogen) atoms. The minimum Gasteiger partial charge on any atom is -0.350 e. The molecule has 2 heterocycles. The van der Waals surface area contributed by atoms with Crippen LogP contribution in [0.4, 0.5) is 0 Å². The molecule has 1 aromatic rings. The van der Waals surface area contributed by atoms with E-state index < -0.39 is 0 Å². The van der Waals surface area contributed by atoms with Crippen molar-refractivity contribution < 1.29 is 9.47 Å². The van der Waals surface area contributed by atoms with Crippen LogP contribution in [-0.4, -0.2) is 35.8 Å². The van der Waals surface area contributed by atoms with Crippen molar-refractivity contribution in [2.75, 3.05) is 19.8 Å². The molecule has 0 radical (unpaired) electrons. The summed E-state index contributed by atoms with van der Waals surface area (Å²) >= 11 is 0. The van der Waals surface area contributed by atoms with E-state index in [1.807, 2.05) is 24.0 Å². The maximum Gasteiger partial charge on any atom is 0.159 e. The molecule has 5 heteroatoms. The van der Waals surface area contributed by atoms with Gasteiger partial charge in [-0.15, -0.1) is 0 Å². The van der Waals surface area contributed by atoms with E-state index in [1.54, 1.807) is 0 Å². The van der Waals surface area contributed by atoms with Crippen LogP contribution in [0.5, 0.6) is 0 Å². The molecular weight excluding hydrogens is 218 g/mol. The van der Waals surface area contributed by atoms with Gasteiger partial charge in [0.05, 0.1) is 24.9 Å². The molecule has 0 bridgehead atoms. The van der Waals surface area contributed by atoms with Crippen molar-refractivity contribution in [1.29, 1.82) is 0 Å². The Hall–Kier alpha value is -0.910. The first kappa shape index (κ1) is 12.5. The summed E-state index contributed by atoms with van der Waals surface area (Å²) in [5.74, 6) is 0. The Morgan fingerprint density at radius 1 is 1.53 bits per heavy atom. The van der Waals surface area contributed by atoms with Crippen molar-refractivity contribution in [3.8, 4) is 0 Å². The van der Waals surface area contributed by atoms with Crippen LogP contribution >= 0.6 is 0 Å². The van der Waals surface area contributed by atoms with Crippen LogP contribution in [0, 0.1) is 0 Å². The molecular formula is C12H21N3O2. The molecule has 0 saturated carbocycles. The highest BCUT2D eigenvalue weighted by atomic mass is 16.7. The highest BCUT2D eigenvalue weighted by Gasteiger charge is 2.23. The number of hydrogen-bond acceptors (Lipinski definition) is 4. The molecule has 1 N–H and O–H groups in total. The number of nitrogens with zero attached hydrogens (tertiary/aromatic N) is 2. The van der Waals surface area contributed by atoms with Gasteiger partial charge in [0.1, 0.15) is 0 Å². The van der Waals surface area contributed by atoms with Crippen LogP contribution in [0.3, 0.4) is 0 Å². The second-order valence-corrected chi connectivity index (χ2v) is 4.29. The van der Waals surface area contributed by atoms with Crippen molar-refractivity contribution in [1.82, 2.24) is 15.1 Å². The second kappa shape index (κ2) is 6.14. The predicted octanol–water partition coefficient (Wildman–Crippen LogP) is 1.22. The number of hydrogen-bond donors (Lipinski definition) is 1. The molecule has 2 rings (SSSR count). The average molecular weight is 239 g/mol. The van der Waals surface area contributed by atoms with Crippen LogP contribution in [0.1, 0.15) is 31.5 Å². The van der Waals surface area contributed by atoms with E-state index in [-0.39, 0.29) is 12.3 Å². The first-order valence-electron chi connectivity index (χ1n) is 6.25. The van der Waals surface area contributed by atoms with Gasteiger partial charge in [-0.05, 0) is 19.0 Å². The van der Waals surface area contributed by atoms with Gasteiger partial charge < -0.3 is 14.8 Å². The number of rotatable bonds is 6. The Kier molecular flexibility index (Phi) is 4.53. The van der Waals surface area contributed by atoms with Crippen LogP contribution in [0.25, 0.3) is 0 Å². The van der Waals surface area contributed by atoms with Gasteiger partial charge in [0.2, 0.25) is 0 Å². The normalized spacial score (nSPS) is 18.7. The summed E-state index contributed by atoms with van der Waals surface area (Å²) in [6.07, 6.45) is 3.69. The van der Waals surface area contributed by atoms with E-state index in [2.05, 4.69) is 17.3 Å². The smallest absolute Gasteiger partial charge is 0.159 e. The van der Waals surface area contributed by atoms with E-state index in [9.17, 15) is 0 Å². The van der Waals surface area contributed by atoms with Crippen LogP contribution in [0.2, 0.25) is 0 Å². The largest absolute Gasteiger partial charge is 0.350 e. The Balaban J connectivity index is 1.99. The molecule has 1 unspecified atom stereocenters. The van der Waals surface area contributed by atoms with Crippen molar-refractivity contribution in [2.45, 2.75) is 32.1 Å². The molecule has 96 valence electrons. The quantitative estimate of drug-likeness (QED) is 0.811. The molecule has 1 fully saturated rings. The Labute approximate surface area is 102 Å². The lowest BCUT2D eigenvalue weighted by molar-refractivity contribution is -0.0534. The summed E-state index contributed by atoms with van der Waals surface area (Å²) in [7, 11) is 1.96. The third-order valence-corrected chi connectivity index (χ3v) is 2.98. The van der Waals surface area contributed by atoms with Crippen LogP contribution < -0.4 is 5.32 Å². The maximum absolute atomic E-state index is 5.51. The van der Waals surface area contributed by atoms with Crippen molar-refractivity contribution in [3.63, 3.8) is 0 Å². The fraction of sp³-hybridized carbons (Fsp3) is 0.750. The third-order valence-electron chi connectivity index (χ3n) is 2.98. The zero-order valence-corrected chi connectivity index (χ0v) is 10.6. The van der Waals surface area contributed by atoms with Crippen molar-refractivity contribution >= 4 is 0 Å². The van der Waals surface area contributed by atoms with E-state index in [0.717, 1.165) is 19.4 Å². The summed E-state index contributed by atoms with van der Waals surface area (Å²) in [6, 6.07) is 2.29. The topological polar surface area (TPSA) is 48.3 Å². The lowest BCUT2D eigenvalue weighted by atomic mass is 10.1. The molecule has 5 nitrogen and oxygen atoms in total. The summed E-state index contributed by atoms with van der Waals surface area (Å²) in [4.78, 5) is 0. The van der Waals surface area contributed by atoms with Crippen molar-refractivity contribution in [2.24, 2.45) is 7.05 Å². The molecule has 1 saturated heterocycles. The standard InChI is InChI=1S/C12H21N3O2/c1-3-5-13-10(9-12-16-7-8-17-12)11-4-6-14-15(11)2/h4,6,10,12-13H,3,5,7-9H2,1-2H3. The van der Waals surface area contributed by atoms with E-state index in [4.69, 9.17) is 9.47 Å². The van der Waals surface area contributed by atoms with Gasteiger partial charge in [-0.3, -0.25) is 4.68 Å². The number of ether oxygens (including phenoxy) is 2. The highest BCUT2D eigenvalue weighted by Crippen LogP contribution is 2.21. The van der Waals surface area contributed by atoms with Gasteiger partial charge in [0.15, 0.2) is 6.29 Å². The van der Waals surface area contributed by atoms with Crippen LogP contribution in [-0.2, 0) is 16.5 Å². The summed E-state index contributed by atoms with van der Waals surface area (Å²) < 4.78 is 12.9. The Bertz CT molecular complexity index is 334. The van der Waals surface area contributed by atoms with Gasteiger partial charge in [-0.2, -0.15) is 5.10 Å². The average Bonchev–Trinajstić information content (AvgIpc) is 2.95. The molecule has 1 aliphatic heterocycles. The van der Waals surface area contributed by atoms with Gasteiger partial charge in [-0.1, -0.05) is 6.92 Å². The molecule has 1 atom stereocenters. The zero-order valence-electron chi connectivity index (χ0n) is 10.6. The second-order valence-electron chi connectivity index (χ2n) is 4.29. The first-order chi connectivity index (χ1) is 8.31. The molecule has 0 spiro atoms. The zero-order chi connectivity index (χ0) is 12.1. The number of nitrogens with one attached hydrogen (secondary N) is 1. The number of aromatic nitrogens is 2. The lowest BCUT2D eigenvalue weighted by Gasteiger charge is -2.21. The molecule has 0 aliphatic carbocycles. The SMILES string of the molecule is CCCNC(CC1OCCO1)c1ccnn1C. The minimum atomic E-state index is -0.0840. The fourth-order valence-corrected chi connectivity index (χ4v) is 2.09. The monoisotopic (exact) mass is 239 g/mol. The molecule has 0 aromatic carbocycles. The Morgan fingerprint density at radius 2 is 2.29 bits per heavy atom. The maximum atomic E-state index is 5.51. The van der Waals surface area contributed by atoms with Crippen molar-refractivity contribution in [3.05, 3.63) is 18.0 Å². The minimum absolute atomic E-state index is 0.0840. The molecule has 0 amide bonds. The lowest BCUT2D eigenvalue weighted by Crippen LogP contribution is -2.28. The number of aryl methyl sites for hydroxylation is 1. The van der Waals surface area contributed by atoms with Gasteiger partial charge in [0.25, 0.3) is 0 Å². The van der Waals surface area contributed by atoms with E-state index in [0.29, 0.717) is 13.2 Å². The molecule has 1 aromatic heterocycles. The van der Waals surface area contributed by atoms with Gasteiger partial charge in [-0.25, -0.2) is 0 Å². The Morgan fingerprint density at radius 3 is 2.88 bits per heavy atom. The fourth-order valence-electron chi connectivity index (χ4n) is 2.09. The van der Waals surface area contributed by atoms with E-state index in [1.165, 1.54) is 5.69 Å². The summed E-state index contributed by atoms with van der Waals surface area (Å²) in [5.41, 5.74) is 1.18. The predicted molar refractivity (Wildman–Crippen MR) is 64.6 cm³/mol. The summed E-state index contributed by atoms with van der Waals surface area (Å²) in [5, 5.41) is 7.73. The van der Waals surface area contributed by atoms with E-state index >= 15 is 0 Å². The van der Waals surface area contributed by atoms with Crippen LogP contribution in [0.15, 0.2) is 12.3 Å².